The Hall–Kier alpha value is -2.54. The molecule has 140 valence electrons. The lowest BCUT2D eigenvalue weighted by atomic mass is 9.92. The first-order valence-electron chi connectivity index (χ1n) is 9.01. The molecule has 0 unspecified atom stereocenters. The number of nitrogens with zero attached hydrogens (tertiary/aromatic N) is 3. The standard InChI is InChI=1S/C19H25N3O4/c1-3-10-26-18-15(14-11-20-21(12-14)8-9-23)6-7-17-16(18)5-4-13(2)22(17)19(24)25/h6-7,11-13,23H,3-5,8-10H2,1-2H3,(H,24,25)/t13-/m0/s1. The molecule has 0 spiro atoms. The van der Waals surface area contributed by atoms with E-state index in [4.69, 9.17) is 9.84 Å². The van der Waals surface area contributed by atoms with Gasteiger partial charge in [-0.25, -0.2) is 4.79 Å². The summed E-state index contributed by atoms with van der Waals surface area (Å²) in [4.78, 5) is 13.2. The van der Waals surface area contributed by atoms with Crippen molar-refractivity contribution in [1.82, 2.24) is 9.78 Å². The molecule has 0 saturated carbocycles. The molecule has 3 rings (SSSR count). The predicted molar refractivity (Wildman–Crippen MR) is 98.8 cm³/mol. The fourth-order valence-corrected chi connectivity index (χ4v) is 3.42. The fraction of sp³-hybridized carbons (Fsp3) is 0.474. The molecule has 2 heterocycles. The maximum atomic E-state index is 11.7. The van der Waals surface area contributed by atoms with Crippen LogP contribution in [0.1, 0.15) is 32.3 Å². The second kappa shape index (κ2) is 7.78. The van der Waals surface area contributed by atoms with Gasteiger partial charge >= 0.3 is 6.09 Å². The minimum Gasteiger partial charge on any atom is -0.493 e. The van der Waals surface area contributed by atoms with Crippen LogP contribution in [-0.4, -0.2) is 45.3 Å². The lowest BCUT2D eigenvalue weighted by molar-refractivity contribution is 0.198. The van der Waals surface area contributed by atoms with Crippen LogP contribution in [0.15, 0.2) is 24.5 Å². The first-order valence-corrected chi connectivity index (χ1v) is 9.01. The highest BCUT2D eigenvalue weighted by molar-refractivity contribution is 5.91. The molecule has 26 heavy (non-hydrogen) atoms. The summed E-state index contributed by atoms with van der Waals surface area (Å²) in [5.41, 5.74) is 3.44. The van der Waals surface area contributed by atoms with Crippen molar-refractivity contribution in [3.05, 3.63) is 30.1 Å². The first-order chi connectivity index (χ1) is 12.6. The number of rotatable bonds is 6. The number of benzene rings is 1. The summed E-state index contributed by atoms with van der Waals surface area (Å²) < 4.78 is 7.75. The first kappa shape index (κ1) is 18.3. The monoisotopic (exact) mass is 359 g/mol. The van der Waals surface area contributed by atoms with Gasteiger partial charge in [0.2, 0.25) is 0 Å². The summed E-state index contributed by atoms with van der Waals surface area (Å²) >= 11 is 0. The van der Waals surface area contributed by atoms with E-state index in [2.05, 4.69) is 5.10 Å². The molecule has 0 radical (unpaired) electrons. The number of hydrogen-bond acceptors (Lipinski definition) is 4. The van der Waals surface area contributed by atoms with E-state index >= 15 is 0 Å². The van der Waals surface area contributed by atoms with Gasteiger partial charge in [0.05, 0.1) is 31.6 Å². The summed E-state index contributed by atoms with van der Waals surface area (Å²) in [6.07, 6.45) is 5.08. The molecule has 1 aromatic carbocycles. The number of carbonyl (C=O) groups is 1. The highest BCUT2D eigenvalue weighted by atomic mass is 16.5. The molecule has 1 atom stereocenters. The number of ether oxygens (including phenoxy) is 1. The molecule has 1 aliphatic heterocycles. The maximum absolute atomic E-state index is 11.7. The molecule has 0 saturated heterocycles. The van der Waals surface area contributed by atoms with Crippen LogP contribution >= 0.6 is 0 Å². The number of aliphatic hydroxyl groups is 1. The largest absolute Gasteiger partial charge is 0.493 e. The van der Waals surface area contributed by atoms with Gasteiger partial charge in [-0.3, -0.25) is 9.58 Å². The molecule has 2 N–H and O–H groups in total. The van der Waals surface area contributed by atoms with Crippen LogP contribution in [0.25, 0.3) is 11.1 Å². The van der Waals surface area contributed by atoms with Gasteiger partial charge in [0.15, 0.2) is 0 Å². The van der Waals surface area contributed by atoms with E-state index in [1.54, 1.807) is 10.9 Å². The minimum atomic E-state index is -0.941. The SMILES string of the molecule is CCCOc1c(-c2cnn(CCO)c2)ccc2c1CC[C@H](C)N2C(=O)O. The number of hydrogen-bond donors (Lipinski definition) is 2. The number of aromatic nitrogens is 2. The summed E-state index contributed by atoms with van der Waals surface area (Å²) in [7, 11) is 0. The Kier molecular flexibility index (Phi) is 5.46. The number of amides is 1. The Labute approximate surface area is 152 Å². The number of fused-ring (bicyclic) bond motifs is 1. The summed E-state index contributed by atoms with van der Waals surface area (Å²) in [5, 5.41) is 23.0. The van der Waals surface area contributed by atoms with Crippen LogP contribution in [0.4, 0.5) is 10.5 Å². The van der Waals surface area contributed by atoms with E-state index in [0.717, 1.165) is 41.7 Å². The van der Waals surface area contributed by atoms with Gasteiger partial charge in [0, 0.05) is 28.9 Å². The van der Waals surface area contributed by atoms with Crippen LogP contribution in [0.2, 0.25) is 0 Å². The van der Waals surface area contributed by atoms with Crippen LogP contribution in [0.3, 0.4) is 0 Å². The van der Waals surface area contributed by atoms with Crippen molar-refractivity contribution < 1.29 is 19.7 Å². The zero-order valence-corrected chi connectivity index (χ0v) is 15.2. The Morgan fingerprint density at radius 3 is 2.92 bits per heavy atom. The van der Waals surface area contributed by atoms with Crippen LogP contribution in [-0.2, 0) is 13.0 Å². The fourth-order valence-electron chi connectivity index (χ4n) is 3.42. The Morgan fingerprint density at radius 2 is 2.23 bits per heavy atom. The van der Waals surface area contributed by atoms with E-state index in [1.165, 1.54) is 4.90 Å². The van der Waals surface area contributed by atoms with E-state index in [1.807, 2.05) is 32.2 Å². The van der Waals surface area contributed by atoms with Crippen LogP contribution < -0.4 is 9.64 Å². The van der Waals surface area contributed by atoms with Crippen molar-refractivity contribution in [3.8, 4) is 16.9 Å². The summed E-state index contributed by atoms with van der Waals surface area (Å²) in [5.74, 6) is 0.742. The van der Waals surface area contributed by atoms with E-state index in [0.29, 0.717) is 18.8 Å². The molecular weight excluding hydrogens is 334 g/mol. The van der Waals surface area contributed by atoms with Crippen LogP contribution in [0, 0.1) is 0 Å². The Bertz CT molecular complexity index is 787. The zero-order chi connectivity index (χ0) is 18.7. The molecule has 0 aliphatic carbocycles. The molecule has 1 amide bonds. The molecule has 7 nitrogen and oxygen atoms in total. The smallest absolute Gasteiger partial charge is 0.412 e. The van der Waals surface area contributed by atoms with Crippen LogP contribution in [0.5, 0.6) is 5.75 Å². The van der Waals surface area contributed by atoms with Crippen molar-refractivity contribution in [2.45, 2.75) is 45.7 Å². The second-order valence-corrected chi connectivity index (χ2v) is 6.54. The maximum Gasteiger partial charge on any atom is 0.412 e. The van der Waals surface area contributed by atoms with Crippen molar-refractivity contribution in [3.63, 3.8) is 0 Å². The van der Waals surface area contributed by atoms with Gasteiger partial charge in [0.1, 0.15) is 5.75 Å². The lowest BCUT2D eigenvalue weighted by Gasteiger charge is -2.34. The topological polar surface area (TPSA) is 87.8 Å². The third-order valence-corrected chi connectivity index (χ3v) is 4.68. The van der Waals surface area contributed by atoms with Gasteiger partial charge in [-0.15, -0.1) is 0 Å². The summed E-state index contributed by atoms with van der Waals surface area (Å²) in [6, 6.07) is 3.70. The molecule has 0 bridgehead atoms. The number of anilines is 1. The van der Waals surface area contributed by atoms with Crippen molar-refractivity contribution in [1.29, 1.82) is 0 Å². The zero-order valence-electron chi connectivity index (χ0n) is 15.2. The molecule has 2 aromatic rings. The van der Waals surface area contributed by atoms with E-state index < -0.39 is 6.09 Å². The van der Waals surface area contributed by atoms with Crippen molar-refractivity contribution in [2.24, 2.45) is 0 Å². The van der Waals surface area contributed by atoms with Crippen molar-refractivity contribution >= 4 is 11.8 Å². The highest BCUT2D eigenvalue weighted by Crippen LogP contribution is 2.43. The number of aliphatic hydroxyl groups excluding tert-OH is 1. The average Bonchev–Trinajstić information content (AvgIpc) is 3.07. The molecule has 7 heteroatoms. The number of carboxylic acid groups (broad SMARTS) is 1. The third kappa shape index (κ3) is 3.39. The molecule has 1 aromatic heterocycles. The summed E-state index contributed by atoms with van der Waals surface area (Å²) in [6.45, 7) is 4.99. The molecule has 1 aliphatic rings. The van der Waals surface area contributed by atoms with Gasteiger partial charge in [-0.1, -0.05) is 6.92 Å². The second-order valence-electron chi connectivity index (χ2n) is 6.54. The third-order valence-electron chi connectivity index (χ3n) is 4.68. The molecule has 0 fully saturated rings. The quantitative estimate of drug-likeness (QED) is 0.827. The van der Waals surface area contributed by atoms with E-state index in [-0.39, 0.29) is 12.6 Å². The lowest BCUT2D eigenvalue weighted by Crippen LogP contribution is -2.41. The van der Waals surface area contributed by atoms with Crippen molar-refractivity contribution in [2.75, 3.05) is 18.1 Å². The van der Waals surface area contributed by atoms with Gasteiger partial charge in [-0.2, -0.15) is 5.10 Å². The van der Waals surface area contributed by atoms with Gasteiger partial charge in [-0.05, 0) is 38.3 Å². The Morgan fingerprint density at radius 1 is 1.42 bits per heavy atom. The van der Waals surface area contributed by atoms with Gasteiger partial charge < -0.3 is 14.9 Å². The highest BCUT2D eigenvalue weighted by Gasteiger charge is 2.31. The Balaban J connectivity index is 2.09. The predicted octanol–water partition coefficient (Wildman–Crippen LogP) is 3.15. The minimum absolute atomic E-state index is 0.0238. The normalized spacial score (nSPS) is 16.4. The average molecular weight is 359 g/mol. The van der Waals surface area contributed by atoms with E-state index in [9.17, 15) is 9.90 Å². The van der Waals surface area contributed by atoms with Gasteiger partial charge in [0.25, 0.3) is 0 Å². The molecular formula is C19H25N3O4.